The normalized spacial score (nSPS) is 26.2. The summed E-state index contributed by atoms with van der Waals surface area (Å²) < 4.78 is 33.0. The zero-order valence-corrected chi connectivity index (χ0v) is 23.1. The van der Waals surface area contributed by atoms with Gasteiger partial charge in [-0.3, -0.25) is 0 Å². The van der Waals surface area contributed by atoms with Crippen molar-refractivity contribution >= 4 is 11.8 Å². The van der Waals surface area contributed by atoms with Gasteiger partial charge < -0.3 is 23.7 Å². The molecule has 6 atom stereocenters. The van der Waals surface area contributed by atoms with Crippen LogP contribution in [0.3, 0.4) is 0 Å². The maximum Gasteiger partial charge on any atom is 0.137 e. The summed E-state index contributed by atoms with van der Waals surface area (Å²) in [5.74, 6) is 0. The van der Waals surface area contributed by atoms with E-state index in [2.05, 4.69) is 48.5 Å². The SMILES string of the molecule is c1ccc(COC[C@H]2O[C@H](Sc3ccccc3)[C@H]3O[C@@H](c4ccccc4)CO[C@H]3[C@@H]2OCc2ccccc2)cc1. The van der Waals surface area contributed by atoms with Crippen molar-refractivity contribution in [3.8, 4) is 0 Å². The molecule has 40 heavy (non-hydrogen) atoms. The van der Waals surface area contributed by atoms with Gasteiger partial charge in [-0.05, 0) is 28.8 Å². The highest BCUT2D eigenvalue weighted by molar-refractivity contribution is 7.99. The van der Waals surface area contributed by atoms with Crippen LogP contribution < -0.4 is 0 Å². The molecule has 6 heteroatoms. The minimum Gasteiger partial charge on any atom is -0.374 e. The Bertz CT molecular complexity index is 1290. The third-order valence-electron chi connectivity index (χ3n) is 7.20. The maximum atomic E-state index is 6.79. The lowest BCUT2D eigenvalue weighted by Gasteiger charge is -2.49. The van der Waals surface area contributed by atoms with Crippen molar-refractivity contribution in [3.05, 3.63) is 138 Å². The van der Waals surface area contributed by atoms with Gasteiger partial charge in [0.25, 0.3) is 0 Å². The fraction of sp³-hybridized carbons (Fsp3) is 0.294. The summed E-state index contributed by atoms with van der Waals surface area (Å²) in [5, 5.41) is 0. The number of hydrogen-bond donors (Lipinski definition) is 0. The van der Waals surface area contributed by atoms with Gasteiger partial charge in [0, 0.05) is 4.90 Å². The molecule has 0 bridgehead atoms. The summed E-state index contributed by atoms with van der Waals surface area (Å²) in [6.45, 7) is 1.80. The molecule has 206 valence electrons. The molecule has 5 nitrogen and oxygen atoms in total. The summed E-state index contributed by atoms with van der Waals surface area (Å²) in [4.78, 5) is 1.12. The van der Waals surface area contributed by atoms with Crippen molar-refractivity contribution in [2.24, 2.45) is 0 Å². The second kappa shape index (κ2) is 13.6. The molecule has 0 amide bonds. The number of thioether (sulfide) groups is 1. The fourth-order valence-corrected chi connectivity index (χ4v) is 6.31. The Kier molecular flexibility index (Phi) is 9.25. The number of rotatable bonds is 10. The highest BCUT2D eigenvalue weighted by Crippen LogP contribution is 2.42. The summed E-state index contributed by atoms with van der Waals surface area (Å²) >= 11 is 1.66. The largest absolute Gasteiger partial charge is 0.374 e. The molecule has 0 spiro atoms. The van der Waals surface area contributed by atoms with Gasteiger partial charge in [0.2, 0.25) is 0 Å². The molecular weight excluding hydrogens is 520 g/mol. The van der Waals surface area contributed by atoms with Crippen molar-refractivity contribution in [2.45, 2.75) is 54.1 Å². The lowest BCUT2D eigenvalue weighted by atomic mass is 9.97. The molecule has 0 unspecified atom stereocenters. The van der Waals surface area contributed by atoms with Crippen LogP contribution in [0.5, 0.6) is 0 Å². The molecule has 0 saturated carbocycles. The molecule has 2 aliphatic rings. The van der Waals surface area contributed by atoms with Crippen LogP contribution in [-0.2, 0) is 36.9 Å². The number of benzene rings is 4. The Hall–Kier alpha value is -2.97. The van der Waals surface area contributed by atoms with Crippen LogP contribution >= 0.6 is 11.8 Å². The van der Waals surface area contributed by atoms with Gasteiger partial charge in [0.05, 0.1) is 26.4 Å². The summed E-state index contributed by atoms with van der Waals surface area (Å²) in [6, 6.07) is 40.9. The van der Waals surface area contributed by atoms with Crippen molar-refractivity contribution in [3.63, 3.8) is 0 Å². The van der Waals surface area contributed by atoms with Crippen molar-refractivity contribution in [1.29, 1.82) is 0 Å². The zero-order valence-electron chi connectivity index (χ0n) is 22.3. The Morgan fingerprint density at radius 2 is 1.25 bits per heavy atom. The molecule has 0 aliphatic carbocycles. The van der Waals surface area contributed by atoms with Gasteiger partial charge in [0.15, 0.2) is 0 Å². The fourth-order valence-electron chi connectivity index (χ4n) is 5.18. The minimum absolute atomic E-state index is 0.175. The predicted molar refractivity (Wildman–Crippen MR) is 156 cm³/mol. The number of fused-ring (bicyclic) bond motifs is 1. The first kappa shape index (κ1) is 27.2. The van der Waals surface area contributed by atoms with E-state index in [4.69, 9.17) is 23.7 Å². The van der Waals surface area contributed by atoms with Crippen LogP contribution in [0.4, 0.5) is 0 Å². The smallest absolute Gasteiger partial charge is 0.137 e. The van der Waals surface area contributed by atoms with E-state index in [0.29, 0.717) is 26.4 Å². The predicted octanol–water partition coefficient (Wildman–Crippen LogP) is 6.83. The second-order valence-corrected chi connectivity index (χ2v) is 11.2. The van der Waals surface area contributed by atoms with E-state index < -0.39 is 0 Å². The van der Waals surface area contributed by atoms with Crippen molar-refractivity contribution in [2.75, 3.05) is 13.2 Å². The van der Waals surface area contributed by atoms with E-state index in [0.717, 1.165) is 21.6 Å². The van der Waals surface area contributed by atoms with Crippen LogP contribution in [0.1, 0.15) is 22.8 Å². The van der Waals surface area contributed by atoms with Crippen LogP contribution in [0, 0.1) is 0 Å². The number of hydrogen-bond acceptors (Lipinski definition) is 6. The monoisotopic (exact) mass is 554 g/mol. The Morgan fingerprint density at radius 3 is 1.93 bits per heavy atom. The van der Waals surface area contributed by atoms with E-state index in [1.165, 1.54) is 0 Å². The van der Waals surface area contributed by atoms with Gasteiger partial charge in [-0.25, -0.2) is 0 Å². The lowest BCUT2D eigenvalue weighted by Crippen LogP contribution is -2.62. The first-order chi connectivity index (χ1) is 19.8. The molecule has 2 heterocycles. The van der Waals surface area contributed by atoms with Gasteiger partial charge >= 0.3 is 0 Å². The van der Waals surface area contributed by atoms with Crippen molar-refractivity contribution < 1.29 is 23.7 Å². The summed E-state index contributed by atoms with van der Waals surface area (Å²) in [6.07, 6.45) is -1.48. The van der Waals surface area contributed by atoms with Gasteiger partial charge in [0.1, 0.15) is 36.0 Å². The molecule has 2 aliphatic heterocycles. The lowest BCUT2D eigenvalue weighted by molar-refractivity contribution is -0.293. The van der Waals surface area contributed by atoms with E-state index in [-0.39, 0.29) is 36.0 Å². The van der Waals surface area contributed by atoms with Crippen molar-refractivity contribution in [1.82, 2.24) is 0 Å². The van der Waals surface area contributed by atoms with Crippen LogP contribution in [0.2, 0.25) is 0 Å². The topological polar surface area (TPSA) is 46.2 Å². The molecule has 0 N–H and O–H groups in total. The van der Waals surface area contributed by atoms with E-state index in [9.17, 15) is 0 Å². The highest BCUT2D eigenvalue weighted by Gasteiger charge is 2.51. The summed E-state index contributed by atoms with van der Waals surface area (Å²) in [7, 11) is 0. The highest BCUT2D eigenvalue weighted by atomic mass is 32.2. The van der Waals surface area contributed by atoms with Gasteiger partial charge in [-0.15, -0.1) is 0 Å². The minimum atomic E-state index is -0.356. The molecule has 6 rings (SSSR count). The molecule has 0 aromatic heterocycles. The van der Waals surface area contributed by atoms with E-state index in [1.54, 1.807) is 11.8 Å². The number of ether oxygens (including phenoxy) is 5. The van der Waals surface area contributed by atoms with Gasteiger partial charge in [-0.2, -0.15) is 0 Å². The van der Waals surface area contributed by atoms with Crippen LogP contribution in [-0.4, -0.2) is 43.1 Å². The molecular formula is C34H34O5S. The zero-order chi connectivity index (χ0) is 27.0. The molecule has 2 fully saturated rings. The second-order valence-electron chi connectivity index (χ2n) is 10.0. The van der Waals surface area contributed by atoms with Crippen LogP contribution in [0.25, 0.3) is 0 Å². The Labute approximate surface area is 240 Å². The van der Waals surface area contributed by atoms with E-state index in [1.807, 2.05) is 72.8 Å². The molecule has 2 saturated heterocycles. The van der Waals surface area contributed by atoms with Crippen LogP contribution in [0.15, 0.2) is 126 Å². The molecule has 4 aromatic rings. The Morgan fingerprint density at radius 1 is 0.650 bits per heavy atom. The molecule has 4 aromatic carbocycles. The first-order valence-electron chi connectivity index (χ1n) is 13.8. The molecule has 0 radical (unpaired) electrons. The summed E-state index contributed by atoms with van der Waals surface area (Å²) in [5.41, 5.74) is 3.03. The van der Waals surface area contributed by atoms with Gasteiger partial charge in [-0.1, -0.05) is 121 Å². The third-order valence-corrected chi connectivity index (χ3v) is 8.35. The standard InChI is InChI=1S/C34H34O5S/c1-5-13-25(14-6-1)21-35-23-30-31(36-22-26-15-7-2-8-16-26)32-33(34(39-30)40-28-19-11-4-12-20-28)38-29(24-37-32)27-17-9-3-10-18-27/h1-20,29-34H,21-24H2/t29-,30-,31-,32+,33+,34-/m1/s1. The van der Waals surface area contributed by atoms with E-state index >= 15 is 0 Å². The third kappa shape index (κ3) is 6.84. The Balaban J connectivity index is 1.25. The first-order valence-corrected chi connectivity index (χ1v) is 14.7. The average Bonchev–Trinajstić information content (AvgIpc) is 3.02. The average molecular weight is 555 g/mol. The quantitative estimate of drug-likeness (QED) is 0.214. The maximum absolute atomic E-state index is 6.79.